The lowest BCUT2D eigenvalue weighted by Crippen LogP contribution is -2.23. The molecular weight excluding hydrogens is 232 g/mol. The summed E-state index contributed by atoms with van der Waals surface area (Å²) in [7, 11) is -0.472. The van der Waals surface area contributed by atoms with Crippen LogP contribution in [0.2, 0.25) is 0 Å². The van der Waals surface area contributed by atoms with Gasteiger partial charge in [-0.2, -0.15) is 0 Å². The monoisotopic (exact) mass is 246 g/mol. The summed E-state index contributed by atoms with van der Waals surface area (Å²) in [6.45, 7) is 0. The van der Waals surface area contributed by atoms with Crippen LogP contribution < -0.4 is 5.73 Å². The summed E-state index contributed by atoms with van der Waals surface area (Å²) in [5.74, 6) is 0. The highest BCUT2D eigenvalue weighted by Crippen LogP contribution is 2.29. The van der Waals surface area contributed by atoms with Crippen LogP contribution in [0.25, 0.3) is 0 Å². The average molecular weight is 246 g/mol. The van der Waals surface area contributed by atoms with Crippen molar-refractivity contribution in [3.8, 4) is 0 Å². The maximum absolute atomic E-state index is 11.9. The predicted molar refractivity (Wildman–Crippen MR) is 63.5 cm³/mol. The van der Waals surface area contributed by atoms with Crippen molar-refractivity contribution >= 4 is 27.5 Å². The van der Waals surface area contributed by atoms with E-state index < -0.39 is 10.0 Å². The Kier molecular flexibility index (Phi) is 3.64. The third kappa shape index (κ3) is 2.27. The molecule has 4 nitrogen and oxygen atoms in total. The topological polar surface area (TPSA) is 63.4 Å². The quantitative estimate of drug-likeness (QED) is 0.644. The van der Waals surface area contributed by atoms with Crippen LogP contribution in [0.4, 0.5) is 5.69 Å². The molecule has 6 heteroatoms. The maximum Gasteiger partial charge on any atom is 0.244 e. The number of nitrogen functional groups attached to an aromatic ring is 1. The highest BCUT2D eigenvalue weighted by Gasteiger charge is 2.21. The zero-order valence-electron chi connectivity index (χ0n) is 8.89. The molecule has 0 unspecified atom stereocenters. The molecule has 0 saturated carbocycles. The molecule has 0 bridgehead atoms. The SMILES string of the molecule is CSc1cccc(S(=O)(=O)N(C)C)c1N. The zero-order chi connectivity index (χ0) is 11.6. The van der Waals surface area contributed by atoms with E-state index in [2.05, 4.69) is 0 Å². The van der Waals surface area contributed by atoms with E-state index in [1.807, 2.05) is 6.26 Å². The summed E-state index contributed by atoms with van der Waals surface area (Å²) in [6.07, 6.45) is 1.86. The second kappa shape index (κ2) is 4.42. The Balaban J connectivity index is 3.40. The number of rotatable bonds is 3. The van der Waals surface area contributed by atoms with Crippen LogP contribution in [0.3, 0.4) is 0 Å². The molecule has 84 valence electrons. The third-order valence-electron chi connectivity index (χ3n) is 2.00. The number of hydrogen-bond acceptors (Lipinski definition) is 4. The number of nitrogens with two attached hydrogens (primary N) is 1. The molecule has 0 saturated heterocycles. The number of benzene rings is 1. The van der Waals surface area contributed by atoms with E-state index >= 15 is 0 Å². The van der Waals surface area contributed by atoms with Gasteiger partial charge in [-0.25, -0.2) is 12.7 Å². The van der Waals surface area contributed by atoms with Crippen molar-refractivity contribution in [2.75, 3.05) is 26.1 Å². The van der Waals surface area contributed by atoms with E-state index in [1.54, 1.807) is 12.1 Å². The standard InChI is InChI=1S/C9H14N2O2S2/c1-11(2)15(12,13)8-6-4-5-7(14-3)9(8)10/h4-6H,10H2,1-3H3. The normalized spacial score (nSPS) is 12.0. The van der Waals surface area contributed by atoms with Crippen LogP contribution in [0.15, 0.2) is 28.0 Å². The van der Waals surface area contributed by atoms with Gasteiger partial charge >= 0.3 is 0 Å². The number of nitrogens with zero attached hydrogens (tertiary/aromatic N) is 1. The number of para-hydroxylation sites is 1. The van der Waals surface area contributed by atoms with Gasteiger partial charge in [-0.3, -0.25) is 0 Å². The first-order chi connectivity index (χ1) is 6.91. The Morgan fingerprint density at radius 3 is 2.40 bits per heavy atom. The summed E-state index contributed by atoms with van der Waals surface area (Å²) >= 11 is 1.43. The Labute approximate surface area is 94.5 Å². The predicted octanol–water partition coefficient (Wildman–Crippen LogP) is 1.24. The van der Waals surface area contributed by atoms with Crippen LogP contribution in [0.1, 0.15) is 0 Å². The van der Waals surface area contributed by atoms with Crippen LogP contribution in [-0.4, -0.2) is 33.1 Å². The van der Waals surface area contributed by atoms with Crippen molar-refractivity contribution < 1.29 is 8.42 Å². The molecule has 0 aromatic heterocycles. The van der Waals surface area contributed by atoms with Gasteiger partial charge in [-0.15, -0.1) is 11.8 Å². The second-order valence-electron chi connectivity index (χ2n) is 3.16. The van der Waals surface area contributed by atoms with Crippen molar-refractivity contribution in [1.82, 2.24) is 4.31 Å². The Morgan fingerprint density at radius 1 is 1.33 bits per heavy atom. The van der Waals surface area contributed by atoms with Crippen molar-refractivity contribution in [3.63, 3.8) is 0 Å². The second-order valence-corrected chi connectivity index (χ2v) is 6.13. The van der Waals surface area contributed by atoms with E-state index in [0.717, 1.165) is 9.20 Å². The van der Waals surface area contributed by atoms with Gasteiger partial charge in [0.05, 0.1) is 5.69 Å². The van der Waals surface area contributed by atoms with Crippen molar-refractivity contribution in [2.24, 2.45) is 0 Å². The van der Waals surface area contributed by atoms with E-state index in [0.29, 0.717) is 5.69 Å². The van der Waals surface area contributed by atoms with Gasteiger partial charge in [0.25, 0.3) is 0 Å². The first kappa shape index (κ1) is 12.4. The van der Waals surface area contributed by atoms with Gasteiger partial charge in [0, 0.05) is 19.0 Å². The molecule has 1 aromatic carbocycles. The van der Waals surface area contributed by atoms with Gasteiger partial charge in [0.1, 0.15) is 4.90 Å². The zero-order valence-corrected chi connectivity index (χ0v) is 10.5. The van der Waals surface area contributed by atoms with Crippen LogP contribution in [-0.2, 0) is 10.0 Å². The highest BCUT2D eigenvalue weighted by atomic mass is 32.2. The Bertz CT molecular complexity index is 455. The molecule has 0 radical (unpaired) electrons. The molecule has 1 aromatic rings. The molecule has 0 spiro atoms. The van der Waals surface area contributed by atoms with E-state index in [1.165, 1.54) is 31.9 Å². The summed E-state index contributed by atoms with van der Waals surface area (Å²) < 4.78 is 24.9. The van der Waals surface area contributed by atoms with Gasteiger partial charge in [0.2, 0.25) is 10.0 Å². The summed E-state index contributed by atoms with van der Waals surface area (Å²) in [4.78, 5) is 0.942. The Morgan fingerprint density at radius 2 is 1.93 bits per heavy atom. The first-order valence-corrected chi connectivity index (χ1v) is 6.92. The maximum atomic E-state index is 11.9. The summed E-state index contributed by atoms with van der Waals surface area (Å²) in [5, 5.41) is 0. The largest absolute Gasteiger partial charge is 0.397 e. The third-order valence-corrected chi connectivity index (χ3v) is 4.67. The molecule has 0 aliphatic carbocycles. The summed E-state index contributed by atoms with van der Waals surface area (Å²) in [5.41, 5.74) is 6.11. The molecule has 0 fully saturated rings. The van der Waals surface area contributed by atoms with E-state index in [9.17, 15) is 8.42 Å². The lowest BCUT2D eigenvalue weighted by atomic mass is 10.3. The number of sulfonamides is 1. The van der Waals surface area contributed by atoms with Crippen LogP contribution >= 0.6 is 11.8 Å². The Hall–Kier alpha value is -0.720. The number of thioether (sulfide) groups is 1. The van der Waals surface area contributed by atoms with Crippen LogP contribution in [0.5, 0.6) is 0 Å². The lowest BCUT2D eigenvalue weighted by molar-refractivity contribution is 0.521. The molecule has 1 rings (SSSR count). The van der Waals surface area contributed by atoms with Crippen molar-refractivity contribution in [3.05, 3.63) is 18.2 Å². The molecule has 15 heavy (non-hydrogen) atoms. The smallest absolute Gasteiger partial charge is 0.244 e. The molecule has 0 aliphatic rings. The minimum Gasteiger partial charge on any atom is -0.397 e. The van der Waals surface area contributed by atoms with Gasteiger partial charge < -0.3 is 5.73 Å². The van der Waals surface area contributed by atoms with E-state index in [4.69, 9.17) is 5.73 Å². The fourth-order valence-electron chi connectivity index (χ4n) is 1.12. The van der Waals surface area contributed by atoms with Gasteiger partial charge in [-0.1, -0.05) is 6.07 Å². The van der Waals surface area contributed by atoms with Crippen LogP contribution in [0, 0.1) is 0 Å². The molecule has 0 heterocycles. The highest BCUT2D eigenvalue weighted by molar-refractivity contribution is 7.98. The van der Waals surface area contributed by atoms with Crippen molar-refractivity contribution in [2.45, 2.75) is 9.79 Å². The molecule has 0 amide bonds. The number of hydrogen-bond donors (Lipinski definition) is 1. The lowest BCUT2D eigenvalue weighted by Gasteiger charge is -2.14. The van der Waals surface area contributed by atoms with E-state index in [-0.39, 0.29) is 4.90 Å². The summed E-state index contributed by atoms with van der Waals surface area (Å²) in [6, 6.07) is 5.01. The molecule has 0 aliphatic heterocycles. The average Bonchev–Trinajstić information content (AvgIpc) is 2.17. The van der Waals surface area contributed by atoms with Crippen molar-refractivity contribution in [1.29, 1.82) is 0 Å². The van der Waals surface area contributed by atoms with Gasteiger partial charge in [-0.05, 0) is 18.4 Å². The molecular formula is C9H14N2O2S2. The fraction of sp³-hybridized carbons (Fsp3) is 0.333. The molecule has 2 N–H and O–H groups in total. The van der Waals surface area contributed by atoms with Gasteiger partial charge in [0.15, 0.2) is 0 Å². The molecule has 0 atom stereocenters. The fourth-order valence-corrected chi connectivity index (χ4v) is 2.76. The minimum atomic E-state index is -3.45. The first-order valence-electron chi connectivity index (χ1n) is 4.26. The number of anilines is 1. The minimum absolute atomic E-state index is 0.166.